The van der Waals surface area contributed by atoms with Gasteiger partial charge in [-0.05, 0) is 28.1 Å². The summed E-state index contributed by atoms with van der Waals surface area (Å²) in [5.41, 5.74) is -0.00781. The summed E-state index contributed by atoms with van der Waals surface area (Å²) in [6, 6.07) is 4.41. The topological polar surface area (TPSA) is 78.4 Å². The lowest BCUT2D eigenvalue weighted by atomic mass is 10.3. The van der Waals surface area contributed by atoms with Crippen LogP contribution in [-0.4, -0.2) is 23.7 Å². The molecule has 7 heteroatoms. The molecule has 0 aliphatic heterocycles. The van der Waals surface area contributed by atoms with Gasteiger partial charge in [0.05, 0.1) is 10.2 Å². The summed E-state index contributed by atoms with van der Waals surface area (Å²) in [6.07, 6.45) is -1.31. The number of hydrogen-bond donors (Lipinski definition) is 3. The van der Waals surface area contributed by atoms with Gasteiger partial charge in [0.1, 0.15) is 6.54 Å². The minimum absolute atomic E-state index is 0.00781. The SMILES string of the molecule is O=C(O)NCC(=O)Nc1cccc(Br)c1F. The van der Waals surface area contributed by atoms with Crippen molar-refractivity contribution in [1.82, 2.24) is 5.32 Å². The zero-order valence-corrected chi connectivity index (χ0v) is 9.54. The van der Waals surface area contributed by atoms with E-state index in [1.807, 2.05) is 5.32 Å². The Morgan fingerprint density at radius 2 is 2.12 bits per heavy atom. The van der Waals surface area contributed by atoms with Crippen LogP contribution in [0.3, 0.4) is 0 Å². The molecule has 0 fully saturated rings. The van der Waals surface area contributed by atoms with E-state index in [9.17, 15) is 14.0 Å². The number of rotatable bonds is 3. The third-order valence-corrected chi connectivity index (χ3v) is 2.24. The first-order chi connectivity index (χ1) is 7.50. The van der Waals surface area contributed by atoms with E-state index in [0.29, 0.717) is 0 Å². The van der Waals surface area contributed by atoms with Crippen LogP contribution in [0.4, 0.5) is 14.9 Å². The lowest BCUT2D eigenvalue weighted by molar-refractivity contribution is -0.115. The monoisotopic (exact) mass is 290 g/mol. The molecule has 0 spiro atoms. The molecule has 3 N–H and O–H groups in total. The van der Waals surface area contributed by atoms with E-state index in [-0.39, 0.29) is 10.2 Å². The lowest BCUT2D eigenvalue weighted by Gasteiger charge is -2.06. The summed E-state index contributed by atoms with van der Waals surface area (Å²) < 4.78 is 13.6. The first-order valence-electron chi connectivity index (χ1n) is 4.21. The van der Waals surface area contributed by atoms with E-state index in [0.717, 1.165) is 0 Å². The second-order valence-electron chi connectivity index (χ2n) is 2.81. The van der Waals surface area contributed by atoms with Crippen molar-refractivity contribution in [1.29, 1.82) is 0 Å². The Morgan fingerprint density at radius 1 is 1.44 bits per heavy atom. The summed E-state index contributed by atoms with van der Waals surface area (Å²) in [5.74, 6) is -1.24. The molecule has 0 aliphatic rings. The van der Waals surface area contributed by atoms with Crippen LogP contribution >= 0.6 is 15.9 Å². The number of halogens is 2. The van der Waals surface area contributed by atoms with Gasteiger partial charge < -0.3 is 15.7 Å². The van der Waals surface area contributed by atoms with Gasteiger partial charge >= 0.3 is 6.09 Å². The molecule has 0 aromatic heterocycles. The Kier molecular flexibility index (Phi) is 4.24. The van der Waals surface area contributed by atoms with Gasteiger partial charge in [-0.25, -0.2) is 9.18 Å². The highest BCUT2D eigenvalue weighted by molar-refractivity contribution is 9.10. The van der Waals surface area contributed by atoms with Gasteiger partial charge in [-0.15, -0.1) is 0 Å². The smallest absolute Gasteiger partial charge is 0.405 e. The zero-order chi connectivity index (χ0) is 12.1. The molecule has 1 aromatic rings. The average Bonchev–Trinajstić information content (AvgIpc) is 2.22. The summed E-state index contributed by atoms with van der Waals surface area (Å²) in [7, 11) is 0. The second-order valence-corrected chi connectivity index (χ2v) is 3.66. The van der Waals surface area contributed by atoms with Crippen LogP contribution in [-0.2, 0) is 4.79 Å². The van der Waals surface area contributed by atoms with Crippen LogP contribution in [0.25, 0.3) is 0 Å². The highest BCUT2D eigenvalue weighted by atomic mass is 79.9. The Labute approximate surface area is 98.8 Å². The van der Waals surface area contributed by atoms with Crippen molar-refractivity contribution in [2.24, 2.45) is 0 Å². The molecule has 5 nitrogen and oxygen atoms in total. The van der Waals surface area contributed by atoms with Gasteiger partial charge in [0.2, 0.25) is 5.91 Å². The van der Waals surface area contributed by atoms with Crippen molar-refractivity contribution in [2.45, 2.75) is 0 Å². The molecular weight excluding hydrogens is 283 g/mol. The Balaban J connectivity index is 2.63. The summed E-state index contributed by atoms with van der Waals surface area (Å²) in [4.78, 5) is 21.3. The fourth-order valence-corrected chi connectivity index (χ4v) is 1.32. The molecule has 0 aliphatic carbocycles. The van der Waals surface area contributed by atoms with Crippen molar-refractivity contribution < 1.29 is 19.1 Å². The highest BCUT2D eigenvalue weighted by Gasteiger charge is 2.09. The molecule has 0 bridgehead atoms. The van der Waals surface area contributed by atoms with Crippen LogP contribution < -0.4 is 10.6 Å². The molecule has 0 atom stereocenters. The minimum atomic E-state index is -1.31. The predicted molar refractivity (Wildman–Crippen MR) is 58.8 cm³/mol. The maximum absolute atomic E-state index is 13.4. The normalized spacial score (nSPS) is 9.62. The van der Waals surface area contributed by atoms with Gasteiger partial charge in [0.15, 0.2) is 5.82 Å². The van der Waals surface area contributed by atoms with Gasteiger partial charge in [-0.2, -0.15) is 0 Å². The van der Waals surface area contributed by atoms with E-state index in [1.54, 1.807) is 6.07 Å². The largest absolute Gasteiger partial charge is 0.465 e. The Bertz CT molecular complexity index is 425. The molecule has 0 heterocycles. The van der Waals surface area contributed by atoms with Crippen LogP contribution in [0.5, 0.6) is 0 Å². The summed E-state index contributed by atoms with van der Waals surface area (Å²) >= 11 is 2.96. The van der Waals surface area contributed by atoms with Crippen molar-refractivity contribution in [3.05, 3.63) is 28.5 Å². The Morgan fingerprint density at radius 3 is 2.75 bits per heavy atom. The zero-order valence-electron chi connectivity index (χ0n) is 7.96. The van der Waals surface area contributed by atoms with Gasteiger partial charge in [0.25, 0.3) is 0 Å². The summed E-state index contributed by atoms with van der Waals surface area (Å²) in [5, 5.41) is 12.4. The first kappa shape index (κ1) is 12.4. The van der Waals surface area contributed by atoms with Gasteiger partial charge in [-0.3, -0.25) is 4.79 Å². The number of benzene rings is 1. The van der Waals surface area contributed by atoms with Crippen LogP contribution in [0.2, 0.25) is 0 Å². The maximum atomic E-state index is 13.4. The summed E-state index contributed by atoms with van der Waals surface area (Å²) in [6.45, 7) is -0.429. The van der Waals surface area contributed by atoms with Crippen molar-refractivity contribution in [3.63, 3.8) is 0 Å². The third-order valence-electron chi connectivity index (χ3n) is 1.63. The molecule has 0 saturated carbocycles. The number of amides is 2. The quantitative estimate of drug-likeness (QED) is 0.794. The standard InChI is InChI=1S/C9H8BrFN2O3/c10-5-2-1-3-6(8(5)11)13-7(14)4-12-9(15)16/h1-3,12H,4H2,(H,13,14)(H,15,16). The second kappa shape index (κ2) is 5.45. The van der Waals surface area contributed by atoms with E-state index < -0.39 is 24.4 Å². The molecule has 1 aromatic carbocycles. The van der Waals surface area contributed by atoms with Crippen LogP contribution in [0.15, 0.2) is 22.7 Å². The molecule has 1 rings (SSSR count). The van der Waals surface area contributed by atoms with E-state index in [4.69, 9.17) is 5.11 Å². The highest BCUT2D eigenvalue weighted by Crippen LogP contribution is 2.22. The van der Waals surface area contributed by atoms with E-state index in [2.05, 4.69) is 21.2 Å². The maximum Gasteiger partial charge on any atom is 0.405 e. The number of anilines is 1. The Hall–Kier alpha value is -1.63. The van der Waals surface area contributed by atoms with Crippen LogP contribution in [0.1, 0.15) is 0 Å². The number of hydrogen-bond acceptors (Lipinski definition) is 2. The number of carbonyl (C=O) groups excluding carboxylic acids is 1. The third kappa shape index (κ3) is 3.50. The number of nitrogens with one attached hydrogen (secondary N) is 2. The number of carbonyl (C=O) groups is 2. The lowest BCUT2D eigenvalue weighted by Crippen LogP contribution is -2.31. The first-order valence-corrected chi connectivity index (χ1v) is 5.00. The predicted octanol–water partition coefficient (Wildman–Crippen LogP) is 1.79. The molecule has 0 unspecified atom stereocenters. The van der Waals surface area contributed by atoms with Gasteiger partial charge in [0, 0.05) is 0 Å². The van der Waals surface area contributed by atoms with Crippen molar-refractivity contribution in [2.75, 3.05) is 11.9 Å². The molecule has 16 heavy (non-hydrogen) atoms. The molecule has 2 amide bonds. The minimum Gasteiger partial charge on any atom is -0.465 e. The van der Waals surface area contributed by atoms with E-state index >= 15 is 0 Å². The average molecular weight is 291 g/mol. The van der Waals surface area contributed by atoms with Gasteiger partial charge in [-0.1, -0.05) is 6.07 Å². The number of carboxylic acid groups (broad SMARTS) is 1. The fourth-order valence-electron chi connectivity index (χ4n) is 0.951. The fraction of sp³-hybridized carbons (Fsp3) is 0.111. The molecular formula is C9H8BrFN2O3. The molecule has 0 radical (unpaired) electrons. The van der Waals surface area contributed by atoms with Crippen molar-refractivity contribution in [3.8, 4) is 0 Å². The van der Waals surface area contributed by atoms with Crippen molar-refractivity contribution >= 4 is 33.6 Å². The molecule has 86 valence electrons. The van der Waals surface area contributed by atoms with E-state index in [1.165, 1.54) is 12.1 Å². The molecule has 0 saturated heterocycles. The van der Waals surface area contributed by atoms with Crippen LogP contribution in [0, 0.1) is 5.82 Å².